The van der Waals surface area contributed by atoms with E-state index in [1.54, 1.807) is 11.3 Å². The Bertz CT molecular complexity index is 387. The molecule has 0 aliphatic carbocycles. The highest BCUT2D eigenvalue weighted by Crippen LogP contribution is 2.19. The highest BCUT2D eigenvalue weighted by molar-refractivity contribution is 7.08. The molecule has 0 bridgehead atoms. The summed E-state index contributed by atoms with van der Waals surface area (Å²) >= 11 is 1.69. The van der Waals surface area contributed by atoms with Crippen LogP contribution in [0, 0.1) is 0 Å². The van der Waals surface area contributed by atoms with Crippen LogP contribution in [-0.4, -0.2) is 9.78 Å². The van der Waals surface area contributed by atoms with Gasteiger partial charge in [-0.3, -0.25) is 4.68 Å². The number of nitrogens with zero attached hydrogens (tertiary/aromatic N) is 2. The first-order valence-electron chi connectivity index (χ1n) is 4.07. The quantitative estimate of drug-likeness (QED) is 0.680. The first-order valence-corrected chi connectivity index (χ1v) is 5.01. The minimum absolute atomic E-state index is 0.768. The second-order valence-electron chi connectivity index (χ2n) is 2.72. The third-order valence-electron chi connectivity index (χ3n) is 1.77. The van der Waals surface area contributed by atoms with Gasteiger partial charge in [-0.05, 0) is 17.5 Å². The van der Waals surface area contributed by atoms with Crippen LogP contribution in [0.15, 0.2) is 41.7 Å². The molecule has 2 aromatic heterocycles. The van der Waals surface area contributed by atoms with Gasteiger partial charge >= 0.3 is 0 Å². The highest BCUT2D eigenvalue weighted by Gasteiger charge is 2.00. The molecule has 0 aromatic carbocycles. The van der Waals surface area contributed by atoms with E-state index in [1.165, 1.54) is 5.56 Å². The van der Waals surface area contributed by atoms with E-state index in [2.05, 4.69) is 28.5 Å². The van der Waals surface area contributed by atoms with E-state index >= 15 is 0 Å². The minimum Gasteiger partial charge on any atom is -0.268 e. The molecule has 2 rings (SSSR count). The molecular formula is C10H10N2S. The van der Waals surface area contributed by atoms with Crippen LogP contribution in [0.1, 0.15) is 0 Å². The number of hydrogen-bond donors (Lipinski definition) is 0. The molecule has 3 heteroatoms. The van der Waals surface area contributed by atoms with Gasteiger partial charge in [0.1, 0.15) is 0 Å². The maximum Gasteiger partial charge on any atom is 0.0931 e. The molecule has 0 unspecified atom stereocenters. The lowest BCUT2D eigenvalue weighted by molar-refractivity contribution is 0.705. The molecule has 0 aliphatic rings. The van der Waals surface area contributed by atoms with Crippen molar-refractivity contribution < 1.29 is 0 Å². The Morgan fingerprint density at radius 3 is 3.15 bits per heavy atom. The molecule has 2 heterocycles. The molecule has 0 spiro atoms. The van der Waals surface area contributed by atoms with Crippen LogP contribution in [0.2, 0.25) is 0 Å². The zero-order valence-electron chi connectivity index (χ0n) is 7.18. The summed E-state index contributed by atoms with van der Waals surface area (Å²) in [5.74, 6) is 0. The first kappa shape index (κ1) is 8.26. The first-order chi connectivity index (χ1) is 6.40. The molecule has 0 radical (unpaired) electrons. The molecule has 0 saturated heterocycles. The molecule has 0 amide bonds. The van der Waals surface area contributed by atoms with Gasteiger partial charge in [-0.2, -0.15) is 16.4 Å². The van der Waals surface area contributed by atoms with Crippen molar-refractivity contribution in [2.45, 2.75) is 6.54 Å². The van der Waals surface area contributed by atoms with E-state index in [4.69, 9.17) is 0 Å². The molecule has 13 heavy (non-hydrogen) atoms. The van der Waals surface area contributed by atoms with Gasteiger partial charge in [0.15, 0.2) is 0 Å². The number of allylic oxidation sites excluding steroid dienone is 1. The van der Waals surface area contributed by atoms with Crippen molar-refractivity contribution in [1.29, 1.82) is 0 Å². The van der Waals surface area contributed by atoms with E-state index in [-0.39, 0.29) is 0 Å². The molecule has 2 aromatic rings. The topological polar surface area (TPSA) is 17.8 Å². The van der Waals surface area contributed by atoms with Gasteiger partial charge in [0.05, 0.1) is 12.2 Å². The Labute approximate surface area is 81.1 Å². The van der Waals surface area contributed by atoms with Crippen LogP contribution < -0.4 is 0 Å². The summed E-state index contributed by atoms with van der Waals surface area (Å²) in [6.45, 7) is 4.44. The Kier molecular flexibility index (Phi) is 2.27. The highest BCUT2D eigenvalue weighted by atomic mass is 32.1. The van der Waals surface area contributed by atoms with Crippen LogP contribution in [0.4, 0.5) is 0 Å². The Morgan fingerprint density at radius 1 is 1.54 bits per heavy atom. The summed E-state index contributed by atoms with van der Waals surface area (Å²) < 4.78 is 1.88. The van der Waals surface area contributed by atoms with Crippen molar-refractivity contribution >= 4 is 11.3 Å². The summed E-state index contributed by atoms with van der Waals surface area (Å²) in [5.41, 5.74) is 2.22. The van der Waals surface area contributed by atoms with Crippen LogP contribution in [0.5, 0.6) is 0 Å². The van der Waals surface area contributed by atoms with E-state index in [9.17, 15) is 0 Å². The van der Waals surface area contributed by atoms with Gasteiger partial charge in [-0.1, -0.05) is 6.08 Å². The fraction of sp³-hybridized carbons (Fsp3) is 0.100. The average molecular weight is 190 g/mol. The Morgan fingerprint density at radius 2 is 2.46 bits per heavy atom. The second-order valence-corrected chi connectivity index (χ2v) is 3.50. The fourth-order valence-electron chi connectivity index (χ4n) is 1.16. The third kappa shape index (κ3) is 1.70. The van der Waals surface area contributed by atoms with Crippen LogP contribution in [-0.2, 0) is 6.54 Å². The second kappa shape index (κ2) is 3.58. The zero-order valence-corrected chi connectivity index (χ0v) is 8.00. The summed E-state index contributed by atoms with van der Waals surface area (Å²) in [4.78, 5) is 0. The summed E-state index contributed by atoms with van der Waals surface area (Å²) in [6, 6.07) is 4.09. The fourth-order valence-corrected chi connectivity index (χ4v) is 1.81. The van der Waals surface area contributed by atoms with Crippen molar-refractivity contribution in [2.24, 2.45) is 0 Å². The van der Waals surface area contributed by atoms with Crippen molar-refractivity contribution in [3.8, 4) is 11.3 Å². The predicted octanol–water partition coefficient (Wildman–Crippen LogP) is 2.80. The minimum atomic E-state index is 0.768. The monoisotopic (exact) mass is 190 g/mol. The summed E-state index contributed by atoms with van der Waals surface area (Å²) in [6.07, 6.45) is 3.80. The van der Waals surface area contributed by atoms with Crippen molar-refractivity contribution in [1.82, 2.24) is 9.78 Å². The largest absolute Gasteiger partial charge is 0.268 e. The predicted molar refractivity (Wildman–Crippen MR) is 55.7 cm³/mol. The SMILES string of the molecule is C=CCn1ccc(-c2ccsc2)n1. The van der Waals surface area contributed by atoms with Crippen molar-refractivity contribution in [3.05, 3.63) is 41.7 Å². The maximum absolute atomic E-state index is 4.39. The number of thiophene rings is 1. The summed E-state index contributed by atoms with van der Waals surface area (Å²) in [7, 11) is 0. The molecule has 0 aliphatic heterocycles. The lowest BCUT2D eigenvalue weighted by Gasteiger charge is -1.93. The molecule has 0 fully saturated rings. The van der Waals surface area contributed by atoms with E-state index in [0.717, 1.165) is 12.2 Å². The molecule has 0 atom stereocenters. The van der Waals surface area contributed by atoms with Crippen molar-refractivity contribution in [3.63, 3.8) is 0 Å². The third-order valence-corrected chi connectivity index (χ3v) is 2.46. The Balaban J connectivity index is 2.28. The molecule has 0 N–H and O–H groups in total. The van der Waals surface area contributed by atoms with Crippen LogP contribution >= 0.6 is 11.3 Å². The zero-order chi connectivity index (χ0) is 9.10. The van der Waals surface area contributed by atoms with Gasteiger partial charge in [-0.25, -0.2) is 0 Å². The van der Waals surface area contributed by atoms with Gasteiger partial charge in [0.2, 0.25) is 0 Å². The number of hydrogen-bond acceptors (Lipinski definition) is 2. The van der Waals surface area contributed by atoms with Gasteiger partial charge in [0, 0.05) is 17.1 Å². The molecule has 0 saturated carbocycles. The lowest BCUT2D eigenvalue weighted by Crippen LogP contribution is -1.94. The van der Waals surface area contributed by atoms with Crippen LogP contribution in [0.3, 0.4) is 0 Å². The smallest absolute Gasteiger partial charge is 0.0931 e. The van der Waals surface area contributed by atoms with Crippen LogP contribution in [0.25, 0.3) is 11.3 Å². The molecule has 2 nitrogen and oxygen atoms in total. The van der Waals surface area contributed by atoms with E-state index in [1.807, 2.05) is 23.0 Å². The van der Waals surface area contributed by atoms with Gasteiger partial charge in [0.25, 0.3) is 0 Å². The molecular weight excluding hydrogens is 180 g/mol. The van der Waals surface area contributed by atoms with Gasteiger partial charge < -0.3 is 0 Å². The van der Waals surface area contributed by atoms with Gasteiger partial charge in [-0.15, -0.1) is 6.58 Å². The van der Waals surface area contributed by atoms with Crippen molar-refractivity contribution in [2.75, 3.05) is 0 Å². The average Bonchev–Trinajstić information content (AvgIpc) is 2.70. The summed E-state index contributed by atoms with van der Waals surface area (Å²) in [5, 5.41) is 8.55. The maximum atomic E-state index is 4.39. The standard InChI is InChI=1S/C10H10N2S/c1-2-5-12-6-3-10(11-12)9-4-7-13-8-9/h2-4,6-8H,1,5H2. The Hall–Kier alpha value is -1.35. The normalized spacial score (nSPS) is 10.2. The molecule has 66 valence electrons. The lowest BCUT2D eigenvalue weighted by atomic mass is 10.2. The van der Waals surface area contributed by atoms with E-state index < -0.39 is 0 Å². The van der Waals surface area contributed by atoms with E-state index in [0.29, 0.717) is 0 Å². The number of rotatable bonds is 3. The number of aromatic nitrogens is 2.